The van der Waals surface area contributed by atoms with Gasteiger partial charge in [0.15, 0.2) is 5.69 Å². The van der Waals surface area contributed by atoms with E-state index in [1.165, 1.54) is 4.68 Å². The minimum atomic E-state index is -0.303. The van der Waals surface area contributed by atoms with Crippen LogP contribution in [-0.4, -0.2) is 28.1 Å². The number of hydrogen-bond acceptors (Lipinski definition) is 4. The summed E-state index contributed by atoms with van der Waals surface area (Å²) in [6.07, 6.45) is 2.20. The second-order valence-corrected chi connectivity index (χ2v) is 5.44. The number of amides is 2. The topological polar surface area (TPSA) is 89.2 Å². The fourth-order valence-electron chi connectivity index (χ4n) is 2.32. The van der Waals surface area contributed by atoms with Crippen LogP contribution < -0.4 is 10.6 Å². The number of nitrogens with one attached hydrogen (secondary N) is 2. The van der Waals surface area contributed by atoms with Crippen LogP contribution in [0, 0.1) is 0 Å². The van der Waals surface area contributed by atoms with Gasteiger partial charge in [0, 0.05) is 31.6 Å². The predicted molar refractivity (Wildman–Crippen MR) is 92.3 cm³/mol. The van der Waals surface area contributed by atoms with Gasteiger partial charge in [0.05, 0.1) is 6.26 Å². The molecule has 3 aromatic rings. The summed E-state index contributed by atoms with van der Waals surface area (Å²) in [6.45, 7) is 0.439. The standard InChI is InChI=1S/C18H18N4O3/c1-22-16(20-17(23)13-6-3-2-4-7-13)12-15(21-22)18(24)19-10-9-14-8-5-11-25-14/h2-8,11-12H,9-10H2,1H3,(H,19,24)(H,20,23). The molecule has 2 amide bonds. The zero-order chi connectivity index (χ0) is 17.6. The summed E-state index contributed by atoms with van der Waals surface area (Å²) in [5, 5.41) is 9.66. The highest BCUT2D eigenvalue weighted by molar-refractivity contribution is 6.04. The van der Waals surface area contributed by atoms with Crippen LogP contribution in [0.5, 0.6) is 0 Å². The van der Waals surface area contributed by atoms with E-state index in [-0.39, 0.29) is 17.5 Å². The highest BCUT2D eigenvalue weighted by atomic mass is 16.3. The minimum absolute atomic E-state index is 0.241. The molecule has 2 heterocycles. The zero-order valence-electron chi connectivity index (χ0n) is 13.7. The number of benzene rings is 1. The summed E-state index contributed by atoms with van der Waals surface area (Å²) in [7, 11) is 1.67. The number of aromatic nitrogens is 2. The maximum absolute atomic E-state index is 12.2. The third kappa shape index (κ3) is 4.14. The molecular weight excluding hydrogens is 320 g/mol. The molecule has 0 fully saturated rings. The zero-order valence-corrected chi connectivity index (χ0v) is 13.7. The normalized spacial score (nSPS) is 10.4. The average Bonchev–Trinajstić information content (AvgIpc) is 3.26. The first-order chi connectivity index (χ1) is 12.1. The van der Waals surface area contributed by atoms with Crippen molar-refractivity contribution in [2.75, 3.05) is 11.9 Å². The van der Waals surface area contributed by atoms with E-state index in [0.717, 1.165) is 5.76 Å². The van der Waals surface area contributed by atoms with Crippen molar-refractivity contribution in [2.24, 2.45) is 7.05 Å². The van der Waals surface area contributed by atoms with Gasteiger partial charge in [0.2, 0.25) is 0 Å². The lowest BCUT2D eigenvalue weighted by atomic mass is 10.2. The van der Waals surface area contributed by atoms with Gasteiger partial charge in [0.1, 0.15) is 11.6 Å². The van der Waals surface area contributed by atoms with Crippen LogP contribution in [0.3, 0.4) is 0 Å². The molecule has 0 aliphatic heterocycles. The molecule has 25 heavy (non-hydrogen) atoms. The fourth-order valence-corrected chi connectivity index (χ4v) is 2.32. The Morgan fingerprint density at radius 3 is 2.64 bits per heavy atom. The first-order valence-corrected chi connectivity index (χ1v) is 7.84. The van der Waals surface area contributed by atoms with E-state index in [4.69, 9.17) is 4.42 Å². The first-order valence-electron chi connectivity index (χ1n) is 7.84. The van der Waals surface area contributed by atoms with E-state index in [0.29, 0.717) is 24.3 Å². The Bertz CT molecular complexity index is 854. The Kier molecular flexibility index (Phi) is 4.94. The number of nitrogens with zero attached hydrogens (tertiary/aromatic N) is 2. The highest BCUT2D eigenvalue weighted by Gasteiger charge is 2.15. The number of furan rings is 1. The maximum atomic E-state index is 12.2. The quantitative estimate of drug-likeness (QED) is 0.721. The lowest BCUT2D eigenvalue weighted by Crippen LogP contribution is -2.26. The van der Waals surface area contributed by atoms with Crippen molar-refractivity contribution in [3.8, 4) is 0 Å². The molecule has 0 unspecified atom stereocenters. The molecule has 0 aliphatic carbocycles. The fraction of sp³-hybridized carbons (Fsp3) is 0.167. The minimum Gasteiger partial charge on any atom is -0.469 e. The second-order valence-electron chi connectivity index (χ2n) is 5.44. The molecule has 0 bridgehead atoms. The van der Waals surface area contributed by atoms with E-state index < -0.39 is 0 Å². The van der Waals surface area contributed by atoms with E-state index in [2.05, 4.69) is 15.7 Å². The molecule has 0 aliphatic rings. The SMILES string of the molecule is Cn1nc(C(=O)NCCc2ccco2)cc1NC(=O)c1ccccc1. The van der Waals surface area contributed by atoms with Crippen molar-refractivity contribution in [1.29, 1.82) is 0 Å². The molecule has 2 N–H and O–H groups in total. The molecule has 7 heteroatoms. The number of aryl methyl sites for hydroxylation is 1. The second kappa shape index (κ2) is 7.48. The van der Waals surface area contributed by atoms with E-state index in [1.54, 1.807) is 49.7 Å². The summed E-state index contributed by atoms with van der Waals surface area (Å²) in [5.41, 5.74) is 0.776. The number of hydrogen-bond donors (Lipinski definition) is 2. The molecule has 3 rings (SSSR count). The van der Waals surface area contributed by atoms with Crippen LogP contribution in [0.2, 0.25) is 0 Å². The van der Waals surface area contributed by atoms with Crippen LogP contribution in [-0.2, 0) is 13.5 Å². The molecule has 0 saturated carbocycles. The third-order valence-electron chi connectivity index (χ3n) is 3.63. The van der Waals surface area contributed by atoms with Crippen molar-refractivity contribution in [2.45, 2.75) is 6.42 Å². The number of rotatable bonds is 6. The molecule has 2 aromatic heterocycles. The average molecular weight is 338 g/mol. The third-order valence-corrected chi connectivity index (χ3v) is 3.63. The van der Waals surface area contributed by atoms with Gasteiger partial charge >= 0.3 is 0 Å². The van der Waals surface area contributed by atoms with Crippen molar-refractivity contribution in [1.82, 2.24) is 15.1 Å². The summed E-state index contributed by atoms with van der Waals surface area (Å²) in [6, 6.07) is 14.0. The summed E-state index contributed by atoms with van der Waals surface area (Å²) in [5.74, 6) is 0.693. The molecule has 0 radical (unpaired) electrons. The largest absolute Gasteiger partial charge is 0.469 e. The van der Waals surface area contributed by atoms with Crippen molar-refractivity contribution >= 4 is 17.6 Å². The van der Waals surface area contributed by atoms with Crippen LogP contribution in [0.4, 0.5) is 5.82 Å². The van der Waals surface area contributed by atoms with Crippen LogP contribution in [0.1, 0.15) is 26.6 Å². The van der Waals surface area contributed by atoms with Gasteiger partial charge < -0.3 is 15.1 Å². The molecule has 1 aromatic carbocycles. The molecule has 7 nitrogen and oxygen atoms in total. The van der Waals surface area contributed by atoms with Crippen molar-refractivity contribution in [3.05, 3.63) is 71.8 Å². The number of carbonyl (C=O) groups is 2. The van der Waals surface area contributed by atoms with Crippen LogP contribution >= 0.6 is 0 Å². The van der Waals surface area contributed by atoms with Gasteiger partial charge in [-0.3, -0.25) is 14.3 Å². The summed E-state index contributed by atoms with van der Waals surface area (Å²) < 4.78 is 6.67. The predicted octanol–water partition coefficient (Wildman–Crippen LogP) is 2.24. The van der Waals surface area contributed by atoms with Gasteiger partial charge in [-0.2, -0.15) is 5.10 Å². The van der Waals surface area contributed by atoms with E-state index in [9.17, 15) is 9.59 Å². The Hall–Kier alpha value is -3.35. The van der Waals surface area contributed by atoms with Crippen molar-refractivity contribution < 1.29 is 14.0 Å². The molecule has 128 valence electrons. The van der Waals surface area contributed by atoms with E-state index in [1.807, 2.05) is 12.1 Å². The van der Waals surface area contributed by atoms with Gasteiger partial charge in [-0.1, -0.05) is 18.2 Å². The van der Waals surface area contributed by atoms with E-state index >= 15 is 0 Å². The van der Waals surface area contributed by atoms with Gasteiger partial charge in [0.25, 0.3) is 11.8 Å². The molecule has 0 spiro atoms. The monoisotopic (exact) mass is 338 g/mol. The number of anilines is 1. The first kappa shape index (κ1) is 16.5. The molecule has 0 saturated heterocycles. The maximum Gasteiger partial charge on any atom is 0.271 e. The summed E-state index contributed by atoms with van der Waals surface area (Å²) >= 11 is 0. The van der Waals surface area contributed by atoms with Crippen LogP contribution in [0.15, 0.2) is 59.2 Å². The highest BCUT2D eigenvalue weighted by Crippen LogP contribution is 2.11. The molecular formula is C18H18N4O3. The number of carbonyl (C=O) groups excluding carboxylic acids is 2. The van der Waals surface area contributed by atoms with Gasteiger partial charge in [-0.15, -0.1) is 0 Å². The Labute approximate surface area is 144 Å². The smallest absolute Gasteiger partial charge is 0.271 e. The van der Waals surface area contributed by atoms with Crippen LogP contribution in [0.25, 0.3) is 0 Å². The van der Waals surface area contributed by atoms with Gasteiger partial charge in [-0.05, 0) is 24.3 Å². The Balaban J connectivity index is 1.59. The Morgan fingerprint density at radius 1 is 1.12 bits per heavy atom. The van der Waals surface area contributed by atoms with Gasteiger partial charge in [-0.25, -0.2) is 0 Å². The Morgan fingerprint density at radius 2 is 1.92 bits per heavy atom. The summed E-state index contributed by atoms with van der Waals surface area (Å²) in [4.78, 5) is 24.3. The van der Waals surface area contributed by atoms with Crippen molar-refractivity contribution in [3.63, 3.8) is 0 Å². The lowest BCUT2D eigenvalue weighted by Gasteiger charge is -2.04. The molecule has 0 atom stereocenters. The lowest BCUT2D eigenvalue weighted by molar-refractivity contribution is 0.0947.